The van der Waals surface area contributed by atoms with Crippen molar-refractivity contribution in [3.8, 4) is 0 Å². The number of thiophene rings is 1. The molecule has 0 amide bonds. The Kier molecular flexibility index (Phi) is 5.06. The normalized spacial score (nSPS) is 18.4. The van der Waals surface area contributed by atoms with Crippen molar-refractivity contribution in [3.63, 3.8) is 0 Å². The Morgan fingerprint density at radius 2 is 2.14 bits per heavy atom. The zero-order valence-corrected chi connectivity index (χ0v) is 14.6. The smallest absolute Gasteiger partial charge is 0.0870 e. The molecular formula is C16H20BrN3S. The summed E-state index contributed by atoms with van der Waals surface area (Å²) in [5.74, 6) is 0. The molecule has 1 saturated heterocycles. The van der Waals surface area contributed by atoms with Gasteiger partial charge in [0.25, 0.3) is 0 Å². The van der Waals surface area contributed by atoms with Gasteiger partial charge in [-0.05, 0) is 59.6 Å². The Morgan fingerprint density at radius 3 is 2.86 bits per heavy atom. The Hall–Kier alpha value is -0.750. The van der Waals surface area contributed by atoms with Crippen molar-refractivity contribution in [1.29, 1.82) is 0 Å². The maximum atomic E-state index is 4.70. The third-order valence-electron chi connectivity index (χ3n) is 3.82. The van der Waals surface area contributed by atoms with E-state index in [4.69, 9.17) is 4.98 Å². The second kappa shape index (κ2) is 7.01. The molecule has 0 aromatic carbocycles. The molecule has 1 aliphatic heterocycles. The van der Waals surface area contributed by atoms with Crippen molar-refractivity contribution in [1.82, 2.24) is 15.2 Å². The second-order valence-electron chi connectivity index (χ2n) is 5.44. The Bertz CT molecular complexity index is 573. The monoisotopic (exact) mass is 365 g/mol. The van der Waals surface area contributed by atoms with Crippen LogP contribution in [0.3, 0.4) is 0 Å². The lowest BCUT2D eigenvalue weighted by atomic mass is 10.1. The Morgan fingerprint density at radius 1 is 1.24 bits per heavy atom. The molecule has 1 N–H and O–H groups in total. The summed E-state index contributed by atoms with van der Waals surface area (Å²) in [6.45, 7) is 6.43. The highest BCUT2D eigenvalue weighted by atomic mass is 79.9. The van der Waals surface area contributed by atoms with E-state index in [0.29, 0.717) is 0 Å². The average Bonchev–Trinajstić information content (AvgIpc) is 2.74. The molecular weight excluding hydrogens is 346 g/mol. The van der Waals surface area contributed by atoms with Crippen LogP contribution in [-0.2, 0) is 0 Å². The van der Waals surface area contributed by atoms with Crippen molar-refractivity contribution in [2.24, 2.45) is 0 Å². The lowest BCUT2D eigenvalue weighted by Crippen LogP contribution is -2.33. The van der Waals surface area contributed by atoms with Gasteiger partial charge in [-0.25, -0.2) is 0 Å². The molecule has 1 atom stereocenters. The van der Waals surface area contributed by atoms with Crippen LogP contribution < -0.4 is 5.32 Å². The average molecular weight is 366 g/mol. The van der Waals surface area contributed by atoms with E-state index in [9.17, 15) is 0 Å². The number of pyridine rings is 1. The molecule has 1 aliphatic rings. The summed E-state index contributed by atoms with van der Waals surface area (Å²) >= 11 is 5.40. The molecule has 3 heterocycles. The van der Waals surface area contributed by atoms with Crippen LogP contribution in [0, 0.1) is 6.92 Å². The number of halogens is 1. The lowest BCUT2D eigenvalue weighted by Gasteiger charge is -2.29. The van der Waals surface area contributed by atoms with Crippen molar-refractivity contribution in [3.05, 3.63) is 50.4 Å². The summed E-state index contributed by atoms with van der Waals surface area (Å²) in [5, 5.41) is 3.48. The van der Waals surface area contributed by atoms with E-state index in [1.54, 1.807) is 0 Å². The van der Waals surface area contributed by atoms with Crippen LogP contribution in [0.2, 0.25) is 0 Å². The number of aryl methyl sites for hydroxylation is 1. The first-order valence-electron chi connectivity index (χ1n) is 7.36. The van der Waals surface area contributed by atoms with E-state index in [-0.39, 0.29) is 6.04 Å². The lowest BCUT2D eigenvalue weighted by molar-refractivity contribution is 0.240. The molecule has 5 heteroatoms. The van der Waals surface area contributed by atoms with Crippen molar-refractivity contribution >= 4 is 27.3 Å². The number of hydrogen-bond donors (Lipinski definition) is 1. The SMILES string of the molecule is Cc1ccc(C(c2ccc(Br)s2)N2CCCNCC2)nc1. The standard InChI is InChI=1S/C16H20BrN3S/c1-12-3-4-13(19-11-12)16(14-5-6-15(17)21-14)20-9-2-7-18-8-10-20/h3-6,11,16,18H,2,7-10H2,1H3. The third-order valence-corrected chi connectivity index (χ3v) is 5.49. The van der Waals surface area contributed by atoms with Crippen molar-refractivity contribution in [2.75, 3.05) is 26.2 Å². The summed E-state index contributed by atoms with van der Waals surface area (Å²) in [5.41, 5.74) is 2.36. The molecule has 0 saturated carbocycles. The van der Waals surface area contributed by atoms with Crippen LogP contribution >= 0.6 is 27.3 Å². The van der Waals surface area contributed by atoms with Crippen LogP contribution in [-0.4, -0.2) is 36.1 Å². The van der Waals surface area contributed by atoms with E-state index in [2.05, 4.69) is 57.3 Å². The first-order chi connectivity index (χ1) is 10.2. The van der Waals surface area contributed by atoms with Crippen LogP contribution in [0.1, 0.15) is 28.6 Å². The van der Waals surface area contributed by atoms with Crippen LogP contribution in [0.4, 0.5) is 0 Å². The summed E-state index contributed by atoms with van der Waals surface area (Å²) in [7, 11) is 0. The van der Waals surface area contributed by atoms with Gasteiger partial charge in [0.15, 0.2) is 0 Å². The van der Waals surface area contributed by atoms with Gasteiger partial charge in [0.1, 0.15) is 0 Å². The van der Waals surface area contributed by atoms with Gasteiger partial charge in [-0.1, -0.05) is 6.07 Å². The Labute approximate surface area is 138 Å². The fourth-order valence-electron chi connectivity index (χ4n) is 2.75. The fourth-order valence-corrected chi connectivity index (χ4v) is 4.33. The van der Waals surface area contributed by atoms with E-state index >= 15 is 0 Å². The van der Waals surface area contributed by atoms with Crippen LogP contribution in [0.25, 0.3) is 0 Å². The molecule has 112 valence electrons. The van der Waals surface area contributed by atoms with Gasteiger partial charge in [-0.15, -0.1) is 11.3 Å². The summed E-state index contributed by atoms with van der Waals surface area (Å²) in [4.78, 5) is 8.61. The van der Waals surface area contributed by atoms with Crippen molar-refractivity contribution < 1.29 is 0 Å². The van der Waals surface area contributed by atoms with Crippen LogP contribution in [0.5, 0.6) is 0 Å². The van der Waals surface area contributed by atoms with Gasteiger partial charge in [0.05, 0.1) is 15.5 Å². The highest BCUT2D eigenvalue weighted by molar-refractivity contribution is 9.11. The number of nitrogens with one attached hydrogen (secondary N) is 1. The molecule has 0 radical (unpaired) electrons. The van der Waals surface area contributed by atoms with E-state index in [0.717, 1.165) is 31.9 Å². The minimum atomic E-state index is 0.266. The molecule has 3 nitrogen and oxygen atoms in total. The minimum absolute atomic E-state index is 0.266. The largest absolute Gasteiger partial charge is 0.315 e. The number of rotatable bonds is 3. The number of hydrogen-bond acceptors (Lipinski definition) is 4. The number of nitrogens with zero attached hydrogens (tertiary/aromatic N) is 2. The predicted octanol–water partition coefficient (Wildman–Crippen LogP) is 3.60. The third kappa shape index (κ3) is 3.72. The second-order valence-corrected chi connectivity index (χ2v) is 7.94. The van der Waals surface area contributed by atoms with Gasteiger partial charge in [0.2, 0.25) is 0 Å². The highest BCUT2D eigenvalue weighted by Crippen LogP contribution is 2.34. The van der Waals surface area contributed by atoms with E-state index in [1.807, 2.05) is 17.5 Å². The highest BCUT2D eigenvalue weighted by Gasteiger charge is 2.25. The van der Waals surface area contributed by atoms with Gasteiger partial charge in [-0.2, -0.15) is 0 Å². The van der Waals surface area contributed by atoms with Gasteiger partial charge >= 0.3 is 0 Å². The van der Waals surface area contributed by atoms with E-state index < -0.39 is 0 Å². The first-order valence-corrected chi connectivity index (χ1v) is 8.97. The fraction of sp³-hybridized carbons (Fsp3) is 0.438. The minimum Gasteiger partial charge on any atom is -0.315 e. The van der Waals surface area contributed by atoms with Gasteiger partial charge in [0, 0.05) is 30.7 Å². The maximum absolute atomic E-state index is 4.70. The quantitative estimate of drug-likeness (QED) is 0.900. The van der Waals surface area contributed by atoms with Gasteiger partial charge < -0.3 is 5.32 Å². The zero-order chi connectivity index (χ0) is 14.7. The van der Waals surface area contributed by atoms with Crippen LogP contribution in [0.15, 0.2) is 34.2 Å². The Balaban J connectivity index is 1.95. The van der Waals surface area contributed by atoms with Crippen molar-refractivity contribution in [2.45, 2.75) is 19.4 Å². The first kappa shape index (κ1) is 15.2. The maximum Gasteiger partial charge on any atom is 0.0870 e. The molecule has 0 spiro atoms. The molecule has 2 aromatic heterocycles. The molecule has 21 heavy (non-hydrogen) atoms. The zero-order valence-electron chi connectivity index (χ0n) is 12.2. The predicted molar refractivity (Wildman–Crippen MR) is 91.9 cm³/mol. The molecule has 0 aliphatic carbocycles. The summed E-state index contributed by atoms with van der Waals surface area (Å²) < 4.78 is 1.18. The number of aromatic nitrogens is 1. The molecule has 1 fully saturated rings. The molecule has 0 bridgehead atoms. The summed E-state index contributed by atoms with van der Waals surface area (Å²) in [6.07, 6.45) is 3.16. The van der Waals surface area contributed by atoms with Gasteiger partial charge in [-0.3, -0.25) is 9.88 Å². The molecule has 2 aromatic rings. The summed E-state index contributed by atoms with van der Waals surface area (Å²) in [6, 6.07) is 8.96. The molecule has 3 rings (SSSR count). The van der Waals surface area contributed by atoms with E-state index in [1.165, 1.54) is 20.6 Å². The topological polar surface area (TPSA) is 28.2 Å². The molecule has 1 unspecified atom stereocenters.